The molecule has 5 heteroatoms. The predicted octanol–water partition coefficient (Wildman–Crippen LogP) is 2.06. The normalized spacial score (nSPS) is 17.2. The number of hydrogen-bond acceptors (Lipinski definition) is 4. The van der Waals surface area contributed by atoms with Gasteiger partial charge >= 0.3 is 0 Å². The number of methoxy groups -OCH3 is 1. The van der Waals surface area contributed by atoms with Crippen molar-refractivity contribution in [2.75, 3.05) is 31.7 Å². The molecular formula is C13H20ClN3O. The van der Waals surface area contributed by atoms with Crippen molar-refractivity contribution in [2.45, 2.75) is 19.4 Å². The first-order valence-corrected chi connectivity index (χ1v) is 6.70. The Morgan fingerprint density at radius 2 is 2.22 bits per heavy atom. The van der Waals surface area contributed by atoms with Crippen molar-refractivity contribution in [3.8, 4) is 0 Å². The highest BCUT2D eigenvalue weighted by molar-refractivity contribution is 6.31. The molecule has 1 aliphatic rings. The number of anilines is 1. The molecule has 0 bridgehead atoms. The van der Waals surface area contributed by atoms with Crippen LogP contribution in [0, 0.1) is 5.92 Å². The Morgan fingerprint density at radius 3 is 2.83 bits per heavy atom. The summed E-state index contributed by atoms with van der Waals surface area (Å²) < 4.78 is 5.21. The Kier molecular flexibility index (Phi) is 4.80. The molecule has 1 aromatic heterocycles. The molecule has 0 radical (unpaired) electrons. The summed E-state index contributed by atoms with van der Waals surface area (Å²) in [4.78, 5) is 6.68. The number of rotatable bonds is 4. The van der Waals surface area contributed by atoms with Gasteiger partial charge in [0.25, 0.3) is 0 Å². The summed E-state index contributed by atoms with van der Waals surface area (Å²) in [7, 11) is 1.76. The molecule has 2 rings (SSSR count). The van der Waals surface area contributed by atoms with Gasteiger partial charge in [-0.25, -0.2) is 4.98 Å². The van der Waals surface area contributed by atoms with Crippen molar-refractivity contribution < 1.29 is 4.74 Å². The SMILES string of the molecule is COCC1CCN(c2cc(CN)c(Cl)cn2)CC1. The van der Waals surface area contributed by atoms with Crippen LogP contribution in [0.5, 0.6) is 0 Å². The van der Waals surface area contributed by atoms with E-state index < -0.39 is 0 Å². The highest BCUT2D eigenvalue weighted by atomic mass is 35.5. The monoisotopic (exact) mass is 269 g/mol. The highest BCUT2D eigenvalue weighted by Gasteiger charge is 2.20. The van der Waals surface area contributed by atoms with Crippen LogP contribution in [-0.4, -0.2) is 31.8 Å². The lowest BCUT2D eigenvalue weighted by Crippen LogP contribution is -2.35. The molecule has 2 heterocycles. The van der Waals surface area contributed by atoms with Gasteiger partial charge in [-0.15, -0.1) is 0 Å². The zero-order valence-corrected chi connectivity index (χ0v) is 11.5. The van der Waals surface area contributed by atoms with Gasteiger partial charge in [-0.05, 0) is 30.4 Å². The van der Waals surface area contributed by atoms with Crippen LogP contribution >= 0.6 is 11.6 Å². The summed E-state index contributed by atoms with van der Waals surface area (Å²) in [6.07, 6.45) is 3.99. The molecule has 1 fully saturated rings. The van der Waals surface area contributed by atoms with Gasteiger partial charge in [-0.2, -0.15) is 0 Å². The van der Waals surface area contributed by atoms with Gasteiger partial charge in [0, 0.05) is 39.5 Å². The van der Waals surface area contributed by atoms with Crippen molar-refractivity contribution >= 4 is 17.4 Å². The number of nitrogens with zero attached hydrogens (tertiary/aromatic N) is 2. The largest absolute Gasteiger partial charge is 0.384 e. The fourth-order valence-electron chi connectivity index (χ4n) is 2.36. The lowest BCUT2D eigenvalue weighted by Gasteiger charge is -2.32. The Morgan fingerprint density at radius 1 is 1.50 bits per heavy atom. The second-order valence-corrected chi connectivity index (χ2v) is 5.13. The maximum absolute atomic E-state index is 6.02. The van der Waals surface area contributed by atoms with Crippen LogP contribution in [-0.2, 0) is 11.3 Å². The first kappa shape index (κ1) is 13.6. The highest BCUT2D eigenvalue weighted by Crippen LogP contribution is 2.24. The fraction of sp³-hybridized carbons (Fsp3) is 0.615. The molecule has 4 nitrogen and oxygen atoms in total. The molecule has 1 aliphatic heterocycles. The van der Waals surface area contributed by atoms with Gasteiger partial charge in [0.1, 0.15) is 5.82 Å². The Labute approximate surface area is 113 Å². The van der Waals surface area contributed by atoms with E-state index in [1.165, 1.54) is 0 Å². The molecule has 0 saturated carbocycles. The summed E-state index contributed by atoms with van der Waals surface area (Å²) >= 11 is 6.02. The average molecular weight is 270 g/mol. The quantitative estimate of drug-likeness (QED) is 0.909. The Hall–Kier alpha value is -0.840. The molecule has 0 atom stereocenters. The number of aromatic nitrogens is 1. The molecule has 1 saturated heterocycles. The minimum absolute atomic E-state index is 0.453. The van der Waals surface area contributed by atoms with E-state index in [1.807, 2.05) is 6.07 Å². The Balaban J connectivity index is 2.01. The van der Waals surface area contributed by atoms with E-state index >= 15 is 0 Å². The van der Waals surface area contributed by atoms with Gasteiger partial charge < -0.3 is 15.4 Å². The number of hydrogen-bond donors (Lipinski definition) is 1. The molecule has 0 aliphatic carbocycles. The third kappa shape index (κ3) is 3.13. The van der Waals surface area contributed by atoms with Crippen LogP contribution in [0.3, 0.4) is 0 Å². The maximum Gasteiger partial charge on any atom is 0.128 e. The third-order valence-electron chi connectivity index (χ3n) is 3.48. The average Bonchev–Trinajstić information content (AvgIpc) is 2.41. The molecular weight excluding hydrogens is 250 g/mol. The first-order chi connectivity index (χ1) is 8.74. The van der Waals surface area contributed by atoms with Gasteiger partial charge in [0.05, 0.1) is 5.02 Å². The zero-order chi connectivity index (χ0) is 13.0. The van der Waals surface area contributed by atoms with E-state index in [9.17, 15) is 0 Å². The van der Waals surface area contributed by atoms with Crippen LogP contribution < -0.4 is 10.6 Å². The van der Waals surface area contributed by atoms with Gasteiger partial charge in [-0.3, -0.25) is 0 Å². The molecule has 2 N–H and O–H groups in total. The van der Waals surface area contributed by atoms with Crippen molar-refractivity contribution in [3.05, 3.63) is 22.8 Å². The second-order valence-electron chi connectivity index (χ2n) is 4.72. The number of piperidine rings is 1. The fourth-order valence-corrected chi connectivity index (χ4v) is 2.54. The van der Waals surface area contributed by atoms with Gasteiger partial charge in [0.15, 0.2) is 0 Å². The summed E-state index contributed by atoms with van der Waals surface area (Å²) in [5.74, 6) is 1.66. The van der Waals surface area contributed by atoms with Crippen LogP contribution in [0.25, 0.3) is 0 Å². The van der Waals surface area contributed by atoms with Crippen molar-refractivity contribution in [3.63, 3.8) is 0 Å². The van der Waals surface area contributed by atoms with E-state index in [1.54, 1.807) is 13.3 Å². The predicted molar refractivity (Wildman–Crippen MR) is 74.0 cm³/mol. The first-order valence-electron chi connectivity index (χ1n) is 6.33. The lowest BCUT2D eigenvalue weighted by molar-refractivity contribution is 0.139. The van der Waals surface area contributed by atoms with E-state index in [0.717, 1.165) is 43.9 Å². The molecule has 1 aromatic rings. The number of halogens is 1. The van der Waals surface area contributed by atoms with E-state index in [0.29, 0.717) is 17.5 Å². The second kappa shape index (κ2) is 6.36. The zero-order valence-electron chi connectivity index (χ0n) is 10.7. The maximum atomic E-state index is 6.02. The third-order valence-corrected chi connectivity index (χ3v) is 3.82. The standard InChI is InChI=1S/C13H20ClN3O/c1-18-9-10-2-4-17(5-3-10)13-6-11(7-15)12(14)8-16-13/h6,8,10H,2-5,7,9,15H2,1H3. The van der Waals surface area contributed by atoms with Gasteiger partial charge in [0.2, 0.25) is 0 Å². The minimum Gasteiger partial charge on any atom is -0.384 e. The lowest BCUT2D eigenvalue weighted by atomic mass is 9.98. The molecule has 0 amide bonds. The van der Waals surface area contributed by atoms with Crippen molar-refractivity contribution in [1.29, 1.82) is 0 Å². The van der Waals surface area contributed by atoms with Crippen LogP contribution in [0.1, 0.15) is 18.4 Å². The summed E-state index contributed by atoms with van der Waals surface area (Å²) in [6, 6.07) is 2.00. The van der Waals surface area contributed by atoms with Crippen molar-refractivity contribution in [2.24, 2.45) is 11.7 Å². The molecule has 0 spiro atoms. The summed E-state index contributed by atoms with van der Waals surface area (Å²) in [5.41, 5.74) is 6.62. The number of pyridine rings is 1. The van der Waals surface area contributed by atoms with Crippen LogP contribution in [0.15, 0.2) is 12.3 Å². The minimum atomic E-state index is 0.453. The van der Waals surface area contributed by atoms with Gasteiger partial charge in [-0.1, -0.05) is 11.6 Å². The molecule has 18 heavy (non-hydrogen) atoms. The smallest absolute Gasteiger partial charge is 0.128 e. The van der Waals surface area contributed by atoms with Crippen LogP contribution in [0.4, 0.5) is 5.82 Å². The van der Waals surface area contributed by atoms with Crippen LogP contribution in [0.2, 0.25) is 5.02 Å². The van der Waals surface area contributed by atoms with E-state index in [4.69, 9.17) is 22.1 Å². The number of nitrogens with two attached hydrogens (primary N) is 1. The molecule has 0 aromatic carbocycles. The topological polar surface area (TPSA) is 51.4 Å². The van der Waals surface area contributed by atoms with E-state index in [-0.39, 0.29) is 0 Å². The summed E-state index contributed by atoms with van der Waals surface area (Å²) in [5, 5.41) is 0.649. The Bertz CT molecular complexity index is 392. The van der Waals surface area contributed by atoms with Crippen molar-refractivity contribution in [1.82, 2.24) is 4.98 Å². The number of ether oxygens (including phenoxy) is 1. The summed E-state index contributed by atoms with van der Waals surface area (Å²) in [6.45, 7) is 3.35. The van der Waals surface area contributed by atoms with E-state index in [2.05, 4.69) is 9.88 Å². The molecule has 0 unspecified atom stereocenters. The molecule has 100 valence electrons.